The normalized spacial score (nSPS) is 11.1. The number of benzene rings is 3. The Morgan fingerprint density at radius 1 is 0.575 bits per heavy atom. The van der Waals surface area contributed by atoms with Crippen molar-refractivity contribution in [1.29, 1.82) is 0 Å². The SMILES string of the molecule is COc1ccc(-c2nc3c(-c4ccc(OC)c(OC)c4)nc(-c4ccc(OC)c(OC)c4)nc3n2C(C)C)cc1. The molecule has 5 aromatic rings. The molecule has 206 valence electrons. The summed E-state index contributed by atoms with van der Waals surface area (Å²) >= 11 is 0. The fourth-order valence-electron chi connectivity index (χ4n) is 4.70. The molecule has 0 aliphatic rings. The summed E-state index contributed by atoms with van der Waals surface area (Å²) in [7, 11) is 8.09. The maximum absolute atomic E-state index is 5.60. The molecule has 2 heterocycles. The van der Waals surface area contributed by atoms with Crippen molar-refractivity contribution in [3.63, 3.8) is 0 Å². The first kappa shape index (κ1) is 26.8. The monoisotopic (exact) mass is 540 g/mol. The molecule has 2 aromatic heterocycles. The molecule has 5 rings (SSSR count). The van der Waals surface area contributed by atoms with Crippen LogP contribution < -0.4 is 23.7 Å². The second kappa shape index (κ2) is 11.1. The molecule has 0 N–H and O–H groups in total. The molecule has 40 heavy (non-hydrogen) atoms. The van der Waals surface area contributed by atoms with Gasteiger partial charge >= 0.3 is 0 Å². The third-order valence-electron chi connectivity index (χ3n) is 6.70. The minimum absolute atomic E-state index is 0.0634. The van der Waals surface area contributed by atoms with Crippen molar-refractivity contribution in [2.24, 2.45) is 0 Å². The first-order valence-corrected chi connectivity index (χ1v) is 12.8. The van der Waals surface area contributed by atoms with Crippen LogP contribution in [-0.2, 0) is 0 Å². The molecule has 0 bridgehead atoms. The Morgan fingerprint density at radius 3 is 1.68 bits per heavy atom. The van der Waals surface area contributed by atoms with Crippen LogP contribution in [0.3, 0.4) is 0 Å². The summed E-state index contributed by atoms with van der Waals surface area (Å²) in [6.45, 7) is 4.23. The molecule has 0 aliphatic heterocycles. The van der Waals surface area contributed by atoms with Crippen LogP contribution in [0.4, 0.5) is 0 Å². The van der Waals surface area contributed by atoms with E-state index in [4.69, 9.17) is 38.6 Å². The Kier molecular flexibility index (Phi) is 7.46. The summed E-state index contributed by atoms with van der Waals surface area (Å²) in [6, 6.07) is 19.3. The smallest absolute Gasteiger partial charge is 0.165 e. The molecule has 0 spiro atoms. The number of hydrogen-bond donors (Lipinski definition) is 0. The van der Waals surface area contributed by atoms with Gasteiger partial charge in [0.05, 0.1) is 35.5 Å². The molecule has 0 amide bonds. The molecule has 3 aromatic carbocycles. The molecule has 9 heteroatoms. The number of ether oxygens (including phenoxy) is 5. The van der Waals surface area contributed by atoms with Crippen LogP contribution in [0.25, 0.3) is 45.2 Å². The van der Waals surface area contributed by atoms with Crippen LogP contribution in [-0.4, -0.2) is 55.1 Å². The number of nitrogens with zero attached hydrogens (tertiary/aromatic N) is 4. The number of imidazole rings is 1. The van der Waals surface area contributed by atoms with Crippen molar-refractivity contribution in [2.45, 2.75) is 19.9 Å². The second-order valence-electron chi connectivity index (χ2n) is 9.34. The number of fused-ring (bicyclic) bond motifs is 1. The van der Waals surface area contributed by atoms with Crippen LogP contribution in [0.5, 0.6) is 28.7 Å². The molecule has 0 saturated heterocycles. The topological polar surface area (TPSA) is 89.8 Å². The Hall–Kier alpha value is -4.79. The lowest BCUT2D eigenvalue weighted by Crippen LogP contribution is -2.05. The molecule has 0 aliphatic carbocycles. The van der Waals surface area contributed by atoms with Gasteiger partial charge in [-0.25, -0.2) is 15.0 Å². The van der Waals surface area contributed by atoms with E-state index in [1.54, 1.807) is 35.5 Å². The van der Waals surface area contributed by atoms with Crippen LogP contribution in [0.15, 0.2) is 60.7 Å². The van der Waals surface area contributed by atoms with Crippen molar-refractivity contribution in [2.75, 3.05) is 35.5 Å². The minimum Gasteiger partial charge on any atom is -0.497 e. The molecule has 0 radical (unpaired) electrons. The largest absolute Gasteiger partial charge is 0.497 e. The summed E-state index contributed by atoms with van der Waals surface area (Å²) in [5.41, 5.74) is 4.61. The van der Waals surface area contributed by atoms with E-state index in [0.717, 1.165) is 28.3 Å². The molecular weight excluding hydrogens is 508 g/mol. The molecular formula is C31H32N4O5. The van der Waals surface area contributed by atoms with Crippen LogP contribution >= 0.6 is 0 Å². The highest BCUT2D eigenvalue weighted by atomic mass is 16.5. The predicted molar refractivity (Wildman–Crippen MR) is 155 cm³/mol. The van der Waals surface area contributed by atoms with Crippen LogP contribution in [0, 0.1) is 0 Å². The van der Waals surface area contributed by atoms with E-state index in [-0.39, 0.29) is 6.04 Å². The van der Waals surface area contributed by atoms with E-state index in [1.165, 1.54) is 0 Å². The van der Waals surface area contributed by atoms with Crippen LogP contribution in [0.1, 0.15) is 19.9 Å². The summed E-state index contributed by atoms with van der Waals surface area (Å²) in [4.78, 5) is 15.2. The van der Waals surface area contributed by atoms with Crippen molar-refractivity contribution in [1.82, 2.24) is 19.5 Å². The number of aromatic nitrogens is 4. The summed E-state index contributed by atoms with van der Waals surface area (Å²) in [6.07, 6.45) is 0. The van der Waals surface area contributed by atoms with E-state index in [0.29, 0.717) is 45.7 Å². The maximum Gasteiger partial charge on any atom is 0.165 e. The number of methoxy groups -OCH3 is 5. The van der Waals surface area contributed by atoms with Crippen molar-refractivity contribution < 1.29 is 23.7 Å². The molecule has 9 nitrogen and oxygen atoms in total. The van der Waals surface area contributed by atoms with Gasteiger partial charge in [0.1, 0.15) is 22.8 Å². The minimum atomic E-state index is 0.0634. The zero-order valence-electron chi connectivity index (χ0n) is 23.7. The van der Waals surface area contributed by atoms with Gasteiger partial charge in [0, 0.05) is 22.7 Å². The fourth-order valence-corrected chi connectivity index (χ4v) is 4.70. The standard InChI is InChI=1S/C31H32N4O5/c1-18(2)35-30(19-8-12-22(36-3)13-9-19)33-28-27(20-10-14-23(37-4)25(16-20)39-6)32-29(34-31(28)35)21-11-15-24(38-5)26(17-21)40-7/h8-18H,1-7H3. The average molecular weight is 541 g/mol. The lowest BCUT2D eigenvalue weighted by Gasteiger charge is -2.14. The van der Waals surface area contributed by atoms with Gasteiger partial charge < -0.3 is 28.3 Å². The highest BCUT2D eigenvalue weighted by Crippen LogP contribution is 2.39. The third-order valence-corrected chi connectivity index (χ3v) is 6.70. The first-order chi connectivity index (χ1) is 19.4. The zero-order chi connectivity index (χ0) is 28.4. The van der Waals surface area contributed by atoms with Gasteiger partial charge in [-0.05, 0) is 74.5 Å². The van der Waals surface area contributed by atoms with Gasteiger partial charge in [0.2, 0.25) is 0 Å². The van der Waals surface area contributed by atoms with Gasteiger partial charge in [-0.2, -0.15) is 0 Å². The Balaban J connectivity index is 1.83. The van der Waals surface area contributed by atoms with Gasteiger partial charge in [0.25, 0.3) is 0 Å². The lowest BCUT2D eigenvalue weighted by molar-refractivity contribution is 0.355. The number of hydrogen-bond acceptors (Lipinski definition) is 8. The van der Waals surface area contributed by atoms with Crippen molar-refractivity contribution >= 4 is 11.2 Å². The first-order valence-electron chi connectivity index (χ1n) is 12.8. The molecule has 0 unspecified atom stereocenters. The third kappa shape index (κ3) is 4.75. The van der Waals surface area contributed by atoms with E-state index in [2.05, 4.69) is 18.4 Å². The van der Waals surface area contributed by atoms with Gasteiger partial charge in [-0.15, -0.1) is 0 Å². The highest BCUT2D eigenvalue weighted by molar-refractivity contribution is 5.92. The van der Waals surface area contributed by atoms with E-state index >= 15 is 0 Å². The lowest BCUT2D eigenvalue weighted by atomic mass is 10.1. The highest BCUT2D eigenvalue weighted by Gasteiger charge is 2.23. The maximum atomic E-state index is 5.60. The van der Waals surface area contributed by atoms with Gasteiger partial charge in [0.15, 0.2) is 34.5 Å². The molecule has 0 fully saturated rings. The molecule has 0 atom stereocenters. The summed E-state index contributed by atoms with van der Waals surface area (Å²) in [5.74, 6) is 4.53. The summed E-state index contributed by atoms with van der Waals surface area (Å²) in [5, 5.41) is 0. The Morgan fingerprint density at radius 2 is 1.12 bits per heavy atom. The van der Waals surface area contributed by atoms with Gasteiger partial charge in [-0.3, -0.25) is 0 Å². The van der Waals surface area contributed by atoms with E-state index in [9.17, 15) is 0 Å². The van der Waals surface area contributed by atoms with Crippen molar-refractivity contribution in [3.8, 4) is 62.8 Å². The number of rotatable bonds is 9. The van der Waals surface area contributed by atoms with Gasteiger partial charge in [-0.1, -0.05) is 0 Å². The Bertz CT molecular complexity index is 1660. The van der Waals surface area contributed by atoms with Crippen LogP contribution in [0.2, 0.25) is 0 Å². The van der Waals surface area contributed by atoms with Crippen molar-refractivity contribution in [3.05, 3.63) is 60.7 Å². The Labute approximate surface area is 233 Å². The fraction of sp³-hybridized carbons (Fsp3) is 0.258. The quantitative estimate of drug-likeness (QED) is 0.211. The zero-order valence-corrected chi connectivity index (χ0v) is 23.7. The predicted octanol–water partition coefficient (Wildman–Crippen LogP) is 6.45. The van der Waals surface area contributed by atoms with E-state index < -0.39 is 0 Å². The summed E-state index contributed by atoms with van der Waals surface area (Å²) < 4.78 is 29.6. The average Bonchev–Trinajstić information content (AvgIpc) is 3.39. The van der Waals surface area contributed by atoms with E-state index in [1.807, 2.05) is 60.7 Å². The molecule has 0 saturated carbocycles. The second-order valence-corrected chi connectivity index (χ2v) is 9.34.